The molecule has 1 heterocycles. The number of carbonyl (C=O) groups excluding carboxylic acids is 1. The molecule has 94 valence electrons. The van der Waals surface area contributed by atoms with E-state index < -0.39 is 0 Å². The second kappa shape index (κ2) is 6.96. The lowest BCUT2D eigenvalue weighted by atomic mass is 10.2. The van der Waals surface area contributed by atoms with Crippen LogP contribution in [0.3, 0.4) is 0 Å². The molecule has 0 radical (unpaired) electrons. The maximum atomic E-state index is 12.7. The Morgan fingerprint density at radius 1 is 1.53 bits per heavy atom. The van der Waals surface area contributed by atoms with Crippen LogP contribution in [0, 0.1) is 5.82 Å². The first-order chi connectivity index (χ1) is 8.13. The van der Waals surface area contributed by atoms with Crippen molar-refractivity contribution in [3.63, 3.8) is 0 Å². The number of aromatic nitrogens is 1. The van der Waals surface area contributed by atoms with Crippen LogP contribution in [0.5, 0.6) is 0 Å². The van der Waals surface area contributed by atoms with Gasteiger partial charge < -0.3 is 10.6 Å². The van der Waals surface area contributed by atoms with Crippen LogP contribution in [0.2, 0.25) is 0 Å². The summed E-state index contributed by atoms with van der Waals surface area (Å²) >= 11 is 0. The maximum Gasteiger partial charge on any atom is 0.233 e. The summed E-state index contributed by atoms with van der Waals surface area (Å²) < 4.78 is 12.7. The number of rotatable bonds is 6. The van der Waals surface area contributed by atoms with E-state index in [4.69, 9.17) is 0 Å². The van der Waals surface area contributed by atoms with Gasteiger partial charge >= 0.3 is 0 Å². The van der Waals surface area contributed by atoms with E-state index >= 15 is 0 Å². The van der Waals surface area contributed by atoms with E-state index in [0.717, 1.165) is 12.1 Å². The molecule has 1 unspecified atom stereocenters. The number of nitrogens with zero attached hydrogens (tertiary/aromatic N) is 1. The first kappa shape index (κ1) is 13.6. The number of halogens is 1. The van der Waals surface area contributed by atoms with Crippen LogP contribution < -0.4 is 10.6 Å². The molecule has 1 aromatic rings. The Morgan fingerprint density at radius 3 is 2.88 bits per heavy atom. The second-order valence-corrected chi connectivity index (χ2v) is 3.85. The predicted octanol–water partition coefficient (Wildman–Crippen LogP) is 1.40. The second-order valence-electron chi connectivity index (χ2n) is 3.85. The summed E-state index contributed by atoms with van der Waals surface area (Å²) in [6, 6.07) is 2.89. The zero-order chi connectivity index (χ0) is 12.7. The summed E-state index contributed by atoms with van der Waals surface area (Å²) in [5.74, 6) is -0.401. The van der Waals surface area contributed by atoms with E-state index in [0.29, 0.717) is 6.54 Å². The number of amides is 1. The van der Waals surface area contributed by atoms with Gasteiger partial charge in [-0.15, -0.1) is 0 Å². The molecule has 1 rings (SSSR count). The Hall–Kier alpha value is -1.49. The van der Waals surface area contributed by atoms with Crippen LogP contribution in [-0.4, -0.2) is 24.0 Å². The smallest absolute Gasteiger partial charge is 0.233 e. The van der Waals surface area contributed by atoms with Crippen LogP contribution >= 0.6 is 0 Å². The van der Waals surface area contributed by atoms with Gasteiger partial charge in [0.1, 0.15) is 5.82 Å². The first-order valence-electron chi connectivity index (χ1n) is 5.75. The Morgan fingerprint density at radius 2 is 2.29 bits per heavy atom. The van der Waals surface area contributed by atoms with Gasteiger partial charge in [-0.1, -0.05) is 6.92 Å². The summed E-state index contributed by atoms with van der Waals surface area (Å²) in [7, 11) is 0. The van der Waals surface area contributed by atoms with Crippen molar-refractivity contribution in [1.29, 1.82) is 0 Å². The molecule has 0 spiro atoms. The fourth-order valence-corrected chi connectivity index (χ4v) is 1.32. The molecule has 1 aromatic heterocycles. The molecule has 0 bridgehead atoms. The largest absolute Gasteiger partial charge is 0.355 e. The molecular weight excluding hydrogens is 221 g/mol. The van der Waals surface area contributed by atoms with Crippen LogP contribution in [0.15, 0.2) is 18.3 Å². The molecule has 0 saturated carbocycles. The average Bonchev–Trinajstić information content (AvgIpc) is 2.34. The average molecular weight is 239 g/mol. The maximum absolute atomic E-state index is 12.7. The lowest BCUT2D eigenvalue weighted by Gasteiger charge is -2.12. The lowest BCUT2D eigenvalue weighted by molar-refractivity contribution is -0.120. The topological polar surface area (TPSA) is 54.0 Å². The molecule has 0 saturated heterocycles. The molecule has 1 atom stereocenters. The highest BCUT2D eigenvalue weighted by Crippen LogP contribution is 2.08. The van der Waals surface area contributed by atoms with Gasteiger partial charge in [-0.25, -0.2) is 4.39 Å². The Bertz CT molecular complexity index is 353. The van der Waals surface area contributed by atoms with E-state index in [1.807, 2.05) is 13.8 Å². The molecule has 2 N–H and O–H groups in total. The lowest BCUT2D eigenvalue weighted by Crippen LogP contribution is -2.35. The van der Waals surface area contributed by atoms with Gasteiger partial charge in [0.05, 0.1) is 18.4 Å². The quantitative estimate of drug-likeness (QED) is 0.789. The molecule has 0 aliphatic carbocycles. The Kier molecular flexibility index (Phi) is 5.56. The number of hydrogen-bond acceptors (Lipinski definition) is 3. The summed E-state index contributed by atoms with van der Waals surface area (Å²) in [6.07, 6.45) is 2.09. The van der Waals surface area contributed by atoms with Gasteiger partial charge in [-0.05, 0) is 25.5 Å². The summed E-state index contributed by atoms with van der Waals surface area (Å²) in [4.78, 5) is 15.3. The summed E-state index contributed by atoms with van der Waals surface area (Å²) in [5, 5.41) is 5.80. The van der Waals surface area contributed by atoms with Crippen molar-refractivity contribution in [1.82, 2.24) is 15.6 Å². The Balaban J connectivity index is 2.36. The minimum atomic E-state index is -0.360. The number of pyridine rings is 1. The zero-order valence-electron chi connectivity index (χ0n) is 10.2. The van der Waals surface area contributed by atoms with E-state index in [1.54, 1.807) is 6.07 Å². The van der Waals surface area contributed by atoms with Gasteiger partial charge in [0.25, 0.3) is 0 Å². The van der Waals surface area contributed by atoms with E-state index in [2.05, 4.69) is 15.6 Å². The van der Waals surface area contributed by atoms with Crippen molar-refractivity contribution in [3.05, 3.63) is 29.8 Å². The molecule has 0 aliphatic rings. The molecule has 17 heavy (non-hydrogen) atoms. The van der Waals surface area contributed by atoms with Crippen LogP contribution in [0.25, 0.3) is 0 Å². The number of hydrogen-bond donors (Lipinski definition) is 2. The van der Waals surface area contributed by atoms with Crippen LogP contribution in [0.4, 0.5) is 4.39 Å². The van der Waals surface area contributed by atoms with Crippen molar-refractivity contribution < 1.29 is 9.18 Å². The summed E-state index contributed by atoms with van der Waals surface area (Å²) in [6.45, 7) is 4.80. The van der Waals surface area contributed by atoms with Gasteiger partial charge in [0.2, 0.25) is 5.91 Å². The standard InChI is InChI=1S/C12H18FN3O/c1-3-6-14-12(17)8-15-9(2)11-5-4-10(13)7-16-11/h4-5,7,9,15H,3,6,8H2,1-2H3,(H,14,17). The third kappa shape index (κ3) is 4.91. The highest BCUT2D eigenvalue weighted by atomic mass is 19.1. The minimum Gasteiger partial charge on any atom is -0.355 e. The van der Waals surface area contributed by atoms with E-state index in [1.165, 1.54) is 12.3 Å². The highest BCUT2D eigenvalue weighted by molar-refractivity contribution is 5.77. The molecule has 0 aliphatic heterocycles. The first-order valence-corrected chi connectivity index (χ1v) is 5.75. The highest BCUT2D eigenvalue weighted by Gasteiger charge is 2.08. The number of nitrogens with one attached hydrogen (secondary N) is 2. The fourth-order valence-electron chi connectivity index (χ4n) is 1.32. The molecule has 0 aromatic carbocycles. The third-order valence-corrected chi connectivity index (χ3v) is 2.33. The molecule has 5 heteroatoms. The van der Waals surface area contributed by atoms with Crippen LogP contribution in [-0.2, 0) is 4.79 Å². The summed E-state index contributed by atoms with van der Waals surface area (Å²) in [5.41, 5.74) is 0.717. The van der Waals surface area contributed by atoms with E-state index in [9.17, 15) is 9.18 Å². The normalized spacial score (nSPS) is 12.2. The molecule has 4 nitrogen and oxygen atoms in total. The van der Waals surface area contributed by atoms with Crippen molar-refractivity contribution >= 4 is 5.91 Å². The SMILES string of the molecule is CCCNC(=O)CNC(C)c1ccc(F)cn1. The minimum absolute atomic E-state index is 0.0409. The molecule has 1 amide bonds. The van der Waals surface area contributed by atoms with Gasteiger partial charge in [0.15, 0.2) is 0 Å². The predicted molar refractivity (Wildman–Crippen MR) is 63.9 cm³/mol. The van der Waals surface area contributed by atoms with Crippen LogP contribution in [0.1, 0.15) is 32.0 Å². The Labute approximate surface area is 101 Å². The van der Waals surface area contributed by atoms with Crippen molar-refractivity contribution in [2.24, 2.45) is 0 Å². The van der Waals surface area contributed by atoms with Crippen molar-refractivity contribution in [2.45, 2.75) is 26.3 Å². The monoisotopic (exact) mass is 239 g/mol. The van der Waals surface area contributed by atoms with Gasteiger partial charge in [-0.2, -0.15) is 0 Å². The van der Waals surface area contributed by atoms with Gasteiger partial charge in [-0.3, -0.25) is 9.78 Å². The third-order valence-electron chi connectivity index (χ3n) is 2.33. The fraction of sp³-hybridized carbons (Fsp3) is 0.500. The number of carbonyl (C=O) groups is 1. The zero-order valence-corrected chi connectivity index (χ0v) is 10.2. The van der Waals surface area contributed by atoms with E-state index in [-0.39, 0.29) is 24.3 Å². The van der Waals surface area contributed by atoms with Crippen molar-refractivity contribution in [2.75, 3.05) is 13.1 Å². The van der Waals surface area contributed by atoms with Crippen molar-refractivity contribution in [3.8, 4) is 0 Å². The molecule has 0 fully saturated rings. The van der Waals surface area contributed by atoms with Gasteiger partial charge in [0, 0.05) is 12.6 Å². The molecular formula is C12H18FN3O.